The van der Waals surface area contributed by atoms with Crippen LogP contribution >= 0.6 is 0 Å². The highest BCUT2D eigenvalue weighted by Gasteiger charge is 2.61. The molecule has 1 aliphatic heterocycles. The molecule has 0 aromatic carbocycles. The zero-order chi connectivity index (χ0) is 19.9. The van der Waals surface area contributed by atoms with Crippen LogP contribution in [0.2, 0.25) is 0 Å². The lowest BCUT2D eigenvalue weighted by atomic mass is 9.71. The van der Waals surface area contributed by atoms with Gasteiger partial charge in [0.05, 0.1) is 12.9 Å². The maximum Gasteiger partial charge on any atom is 0.180 e. The third-order valence-corrected chi connectivity index (χ3v) is 6.01. The van der Waals surface area contributed by atoms with Gasteiger partial charge in [0.1, 0.15) is 30.2 Å². The standard InChI is InChI=1S/C19H25N5O4/c1-2-5-11-6-3-4-7-12(11)19(16(27)15(26)13(8-25)28-19)24-10-23-14-17(20)21-9-22-18(14)24/h9-13,15-16,25-27H,3-4,6-8H2,1H3,(H2,20,21,22)/t11?,12?,13-,15-,16-,19-/m1/s1. The summed E-state index contributed by atoms with van der Waals surface area (Å²) in [7, 11) is 0. The van der Waals surface area contributed by atoms with Gasteiger partial charge in [0.15, 0.2) is 17.2 Å². The SMILES string of the molecule is CC#CC1CCCCC1[C@@]1(n2cnc3c(N)ncnc32)O[C@H](CO)[C@@H](O)[C@H]1O. The first-order chi connectivity index (χ1) is 13.5. The van der Waals surface area contributed by atoms with E-state index < -0.39 is 30.6 Å². The van der Waals surface area contributed by atoms with Crippen molar-refractivity contribution in [3.8, 4) is 11.8 Å². The van der Waals surface area contributed by atoms with Gasteiger partial charge in [-0.15, -0.1) is 5.92 Å². The number of hydrogen-bond acceptors (Lipinski definition) is 8. The predicted octanol–water partition coefficient (Wildman–Crippen LogP) is 0.00390. The third kappa shape index (κ3) is 2.68. The van der Waals surface area contributed by atoms with E-state index in [-0.39, 0.29) is 17.7 Å². The summed E-state index contributed by atoms with van der Waals surface area (Å²) in [6.45, 7) is 1.37. The molecular weight excluding hydrogens is 362 g/mol. The molecule has 6 atom stereocenters. The van der Waals surface area contributed by atoms with E-state index in [9.17, 15) is 15.3 Å². The summed E-state index contributed by atoms with van der Waals surface area (Å²) in [4.78, 5) is 12.6. The summed E-state index contributed by atoms with van der Waals surface area (Å²) in [6, 6.07) is 0. The van der Waals surface area contributed by atoms with Gasteiger partial charge in [-0.2, -0.15) is 0 Å². The molecule has 2 fully saturated rings. The monoisotopic (exact) mass is 387 g/mol. The van der Waals surface area contributed by atoms with Crippen molar-refractivity contribution in [2.45, 2.75) is 56.6 Å². The number of nitrogens with zero attached hydrogens (tertiary/aromatic N) is 4. The zero-order valence-electron chi connectivity index (χ0n) is 15.7. The number of aliphatic hydroxyl groups is 3. The Kier molecular flexibility index (Phi) is 4.97. The lowest BCUT2D eigenvalue weighted by Gasteiger charge is -2.44. The second-order valence-electron chi connectivity index (χ2n) is 7.46. The summed E-state index contributed by atoms with van der Waals surface area (Å²) < 4.78 is 7.88. The molecule has 2 aliphatic rings. The van der Waals surface area contributed by atoms with Crippen molar-refractivity contribution in [3.63, 3.8) is 0 Å². The summed E-state index contributed by atoms with van der Waals surface area (Å²) >= 11 is 0. The Balaban J connectivity index is 1.94. The van der Waals surface area contributed by atoms with Gasteiger partial charge in [-0.05, 0) is 19.8 Å². The van der Waals surface area contributed by atoms with Crippen molar-refractivity contribution in [3.05, 3.63) is 12.7 Å². The van der Waals surface area contributed by atoms with Crippen LogP contribution < -0.4 is 5.73 Å². The number of aromatic nitrogens is 4. The Bertz CT molecular complexity index is 922. The summed E-state index contributed by atoms with van der Waals surface area (Å²) in [5.74, 6) is 6.20. The van der Waals surface area contributed by atoms with Crippen molar-refractivity contribution >= 4 is 17.0 Å². The number of fused-ring (bicyclic) bond motifs is 1. The molecule has 0 bridgehead atoms. The molecular formula is C19H25N5O4. The molecule has 1 aliphatic carbocycles. The van der Waals surface area contributed by atoms with E-state index in [1.54, 1.807) is 11.5 Å². The molecule has 2 aromatic rings. The number of anilines is 1. The molecule has 9 heteroatoms. The minimum absolute atomic E-state index is 0.0327. The van der Waals surface area contributed by atoms with Gasteiger partial charge in [-0.25, -0.2) is 15.0 Å². The van der Waals surface area contributed by atoms with E-state index in [1.807, 2.05) is 0 Å². The number of rotatable bonds is 3. The van der Waals surface area contributed by atoms with E-state index in [0.717, 1.165) is 25.7 Å². The Labute approximate surface area is 162 Å². The van der Waals surface area contributed by atoms with Gasteiger partial charge < -0.3 is 25.8 Å². The Hall–Kier alpha value is -2.25. The lowest BCUT2D eigenvalue weighted by Crippen LogP contribution is -2.53. The average Bonchev–Trinajstić information content (AvgIpc) is 3.25. The molecule has 150 valence electrons. The second-order valence-corrected chi connectivity index (χ2v) is 7.46. The predicted molar refractivity (Wildman–Crippen MR) is 101 cm³/mol. The van der Waals surface area contributed by atoms with Crippen LogP contribution in [0.1, 0.15) is 32.6 Å². The van der Waals surface area contributed by atoms with Crippen molar-refractivity contribution < 1.29 is 20.1 Å². The Morgan fingerprint density at radius 1 is 1.29 bits per heavy atom. The first kappa shape index (κ1) is 19.1. The number of hydrogen-bond donors (Lipinski definition) is 4. The fourth-order valence-corrected chi connectivity index (χ4v) is 4.75. The fourth-order valence-electron chi connectivity index (χ4n) is 4.75. The van der Waals surface area contributed by atoms with Crippen molar-refractivity contribution in [1.29, 1.82) is 0 Å². The van der Waals surface area contributed by atoms with Crippen LogP contribution in [-0.2, 0) is 10.5 Å². The number of nitrogen functional groups attached to an aromatic ring is 1. The molecule has 0 spiro atoms. The molecule has 1 saturated heterocycles. The maximum atomic E-state index is 11.2. The first-order valence-corrected chi connectivity index (χ1v) is 9.55. The zero-order valence-corrected chi connectivity index (χ0v) is 15.7. The van der Waals surface area contributed by atoms with Gasteiger partial charge in [-0.1, -0.05) is 18.8 Å². The molecule has 2 aromatic heterocycles. The van der Waals surface area contributed by atoms with Crippen LogP contribution in [0.4, 0.5) is 5.82 Å². The normalized spacial score (nSPS) is 35.6. The number of nitrogens with two attached hydrogens (primary N) is 1. The topological polar surface area (TPSA) is 140 Å². The minimum atomic E-state index is -1.36. The van der Waals surface area contributed by atoms with Gasteiger partial charge in [0.25, 0.3) is 0 Å². The number of imidazole rings is 1. The van der Waals surface area contributed by atoms with Gasteiger partial charge in [0.2, 0.25) is 0 Å². The average molecular weight is 387 g/mol. The van der Waals surface area contributed by atoms with Gasteiger partial charge >= 0.3 is 0 Å². The van der Waals surface area contributed by atoms with E-state index in [1.165, 1.54) is 12.7 Å². The second kappa shape index (κ2) is 7.29. The number of ether oxygens (including phenoxy) is 1. The van der Waals surface area contributed by atoms with Crippen LogP contribution in [0.15, 0.2) is 12.7 Å². The highest BCUT2D eigenvalue weighted by molar-refractivity contribution is 5.81. The van der Waals surface area contributed by atoms with E-state index in [0.29, 0.717) is 11.2 Å². The quantitative estimate of drug-likeness (QED) is 0.540. The van der Waals surface area contributed by atoms with Crippen LogP contribution in [0.3, 0.4) is 0 Å². The molecule has 5 N–H and O–H groups in total. The molecule has 9 nitrogen and oxygen atoms in total. The maximum absolute atomic E-state index is 11.2. The molecule has 3 heterocycles. The van der Waals surface area contributed by atoms with E-state index in [2.05, 4.69) is 26.8 Å². The molecule has 28 heavy (non-hydrogen) atoms. The Morgan fingerprint density at radius 3 is 2.79 bits per heavy atom. The summed E-state index contributed by atoms with van der Waals surface area (Å²) in [5.41, 5.74) is 5.38. The van der Waals surface area contributed by atoms with Crippen molar-refractivity contribution in [2.75, 3.05) is 12.3 Å². The Morgan fingerprint density at radius 2 is 2.07 bits per heavy atom. The number of aliphatic hydroxyl groups excluding tert-OH is 3. The molecule has 1 saturated carbocycles. The highest BCUT2D eigenvalue weighted by Crippen LogP contribution is 2.50. The summed E-state index contributed by atoms with van der Waals surface area (Å²) in [6.07, 6.45) is 2.98. The smallest absolute Gasteiger partial charge is 0.180 e. The minimum Gasteiger partial charge on any atom is -0.394 e. The van der Waals surface area contributed by atoms with Gasteiger partial charge in [0, 0.05) is 11.8 Å². The first-order valence-electron chi connectivity index (χ1n) is 9.55. The third-order valence-electron chi connectivity index (χ3n) is 6.01. The highest BCUT2D eigenvalue weighted by atomic mass is 16.6. The van der Waals surface area contributed by atoms with E-state index >= 15 is 0 Å². The van der Waals surface area contributed by atoms with Crippen LogP contribution in [0, 0.1) is 23.7 Å². The van der Waals surface area contributed by atoms with E-state index in [4.69, 9.17) is 10.5 Å². The lowest BCUT2D eigenvalue weighted by molar-refractivity contribution is -0.194. The van der Waals surface area contributed by atoms with Crippen molar-refractivity contribution in [1.82, 2.24) is 19.5 Å². The molecule has 4 rings (SSSR count). The fraction of sp³-hybridized carbons (Fsp3) is 0.632. The molecule has 0 radical (unpaired) electrons. The van der Waals surface area contributed by atoms with Crippen LogP contribution in [0.25, 0.3) is 11.2 Å². The van der Waals surface area contributed by atoms with Crippen LogP contribution in [-0.4, -0.2) is 59.8 Å². The summed E-state index contributed by atoms with van der Waals surface area (Å²) in [5, 5.41) is 31.5. The molecule has 2 unspecified atom stereocenters. The van der Waals surface area contributed by atoms with Crippen LogP contribution in [0.5, 0.6) is 0 Å². The molecule has 0 amide bonds. The van der Waals surface area contributed by atoms with Crippen molar-refractivity contribution in [2.24, 2.45) is 11.8 Å². The van der Waals surface area contributed by atoms with Gasteiger partial charge in [-0.3, -0.25) is 4.57 Å². The largest absolute Gasteiger partial charge is 0.394 e.